The number of ether oxygens (including phenoxy) is 3. The summed E-state index contributed by atoms with van der Waals surface area (Å²) in [5.74, 6) is -0.0938. The van der Waals surface area contributed by atoms with Crippen LogP contribution in [0.15, 0.2) is 51.8 Å². The number of benzene rings is 2. The average Bonchev–Trinajstić information content (AvgIpc) is 3.76. The molecule has 49 heavy (non-hydrogen) atoms. The number of carbonyl (C=O) groups excluding carboxylic acids is 1. The molecule has 1 unspecified atom stereocenters. The highest BCUT2D eigenvalue weighted by Crippen LogP contribution is 2.35. The van der Waals surface area contributed by atoms with Gasteiger partial charge in [-0.25, -0.2) is 22.0 Å². The van der Waals surface area contributed by atoms with Gasteiger partial charge < -0.3 is 34.4 Å². The van der Waals surface area contributed by atoms with Crippen molar-refractivity contribution in [2.24, 2.45) is 11.8 Å². The van der Waals surface area contributed by atoms with Gasteiger partial charge in [-0.2, -0.15) is 9.29 Å². The van der Waals surface area contributed by atoms with E-state index in [-0.39, 0.29) is 53.7 Å². The van der Waals surface area contributed by atoms with Crippen LogP contribution in [0.25, 0.3) is 11.1 Å². The number of aliphatic hydroxyl groups is 1. The van der Waals surface area contributed by atoms with Gasteiger partial charge in [0.05, 0.1) is 30.3 Å². The van der Waals surface area contributed by atoms with Crippen molar-refractivity contribution >= 4 is 33.2 Å². The molecule has 3 heterocycles. The molecule has 2 aliphatic heterocycles. The first-order valence-electron chi connectivity index (χ1n) is 16.7. The van der Waals surface area contributed by atoms with Gasteiger partial charge in [0.25, 0.3) is 6.01 Å². The Hall–Kier alpha value is -3.37. The van der Waals surface area contributed by atoms with E-state index in [4.69, 9.17) is 18.6 Å². The minimum Gasteiger partial charge on any atom is -0.444 e. The zero-order valence-electron chi connectivity index (χ0n) is 27.8. The van der Waals surface area contributed by atoms with Gasteiger partial charge in [0, 0.05) is 31.1 Å². The van der Waals surface area contributed by atoms with Crippen LogP contribution >= 0.6 is 0 Å². The zero-order chi connectivity index (χ0) is 34.9. The van der Waals surface area contributed by atoms with Gasteiger partial charge in [0.2, 0.25) is 10.0 Å². The van der Waals surface area contributed by atoms with Crippen molar-refractivity contribution in [3.8, 4) is 0 Å². The molecular formula is C34H44F2N4O8S. The summed E-state index contributed by atoms with van der Waals surface area (Å²) in [6.07, 6.45) is 0.0622. The monoisotopic (exact) mass is 706 g/mol. The number of alkyl halides is 1. The number of nitrogens with one attached hydrogen (secondary N) is 2. The van der Waals surface area contributed by atoms with Crippen LogP contribution in [0.2, 0.25) is 0 Å². The molecule has 2 bridgehead atoms. The molecule has 3 aromatic rings. The van der Waals surface area contributed by atoms with E-state index < -0.39 is 58.9 Å². The van der Waals surface area contributed by atoms with E-state index in [9.17, 15) is 22.7 Å². The Labute approximate surface area is 284 Å². The molecule has 3 N–H and O–H groups in total. The van der Waals surface area contributed by atoms with E-state index in [0.717, 1.165) is 23.6 Å². The number of anilines is 1. The lowest BCUT2D eigenvalue weighted by molar-refractivity contribution is -0.195. The first-order chi connectivity index (χ1) is 23.2. The van der Waals surface area contributed by atoms with E-state index in [1.54, 1.807) is 0 Å². The second-order valence-electron chi connectivity index (χ2n) is 14.0. The lowest BCUT2D eigenvalue weighted by atomic mass is 9.85. The van der Waals surface area contributed by atoms with E-state index in [0.29, 0.717) is 24.1 Å². The van der Waals surface area contributed by atoms with Gasteiger partial charge in [0.15, 0.2) is 11.9 Å². The van der Waals surface area contributed by atoms with Crippen LogP contribution in [0, 0.1) is 17.7 Å². The number of amides is 1. The Kier molecular flexibility index (Phi) is 10.5. The number of hydrogen-bond acceptors (Lipinski definition) is 10. The Balaban J connectivity index is 1.21. The third-order valence-corrected chi connectivity index (χ3v) is 11.0. The van der Waals surface area contributed by atoms with Crippen LogP contribution in [-0.2, 0) is 30.7 Å². The molecule has 1 saturated carbocycles. The van der Waals surface area contributed by atoms with Crippen molar-refractivity contribution in [3.05, 3.63) is 53.8 Å². The van der Waals surface area contributed by atoms with E-state index in [1.165, 1.54) is 56.3 Å². The SMILES string of the molecule is C[C@H]1C2CCO[C@H]1OC[C@@H](OC(=O)N[C@@H](Cc1ccc(F)cc1)[C@H](O)CN(CC(C)(C)F)S(=O)(=O)c1ccc3nc(NC4CC4)oc3c1)C2. The van der Waals surface area contributed by atoms with Crippen molar-refractivity contribution in [1.29, 1.82) is 0 Å². The van der Waals surface area contributed by atoms with Gasteiger partial charge in [-0.3, -0.25) is 0 Å². The van der Waals surface area contributed by atoms with Crippen molar-refractivity contribution < 1.29 is 45.7 Å². The highest BCUT2D eigenvalue weighted by molar-refractivity contribution is 7.89. The number of aliphatic hydroxyl groups excluding tert-OH is 1. The summed E-state index contributed by atoms with van der Waals surface area (Å²) in [4.78, 5) is 17.5. The summed E-state index contributed by atoms with van der Waals surface area (Å²) < 4.78 is 80.8. The van der Waals surface area contributed by atoms with Gasteiger partial charge in [-0.15, -0.1) is 0 Å². The van der Waals surface area contributed by atoms with Gasteiger partial charge >= 0.3 is 6.09 Å². The average molecular weight is 707 g/mol. The molecule has 1 aliphatic carbocycles. The maximum Gasteiger partial charge on any atom is 0.407 e. The van der Waals surface area contributed by atoms with E-state index >= 15 is 4.39 Å². The Morgan fingerprint density at radius 1 is 1.16 bits per heavy atom. The molecular weight excluding hydrogens is 662 g/mol. The number of halogens is 2. The Morgan fingerprint density at radius 2 is 1.92 bits per heavy atom. The highest BCUT2D eigenvalue weighted by atomic mass is 32.2. The summed E-state index contributed by atoms with van der Waals surface area (Å²) in [5, 5.41) is 17.4. The number of sulfonamides is 1. The molecule has 6 rings (SSSR count). The van der Waals surface area contributed by atoms with Crippen LogP contribution in [0.5, 0.6) is 0 Å². The molecule has 12 nitrogen and oxygen atoms in total. The summed E-state index contributed by atoms with van der Waals surface area (Å²) in [7, 11) is -4.40. The molecule has 3 fully saturated rings. The van der Waals surface area contributed by atoms with Crippen LogP contribution in [0.4, 0.5) is 19.6 Å². The third kappa shape index (κ3) is 9.06. The number of carbonyl (C=O) groups is 1. The van der Waals surface area contributed by atoms with E-state index in [1.807, 2.05) is 6.92 Å². The molecule has 15 heteroatoms. The number of hydrogen-bond donors (Lipinski definition) is 3. The fourth-order valence-corrected chi connectivity index (χ4v) is 7.99. The highest BCUT2D eigenvalue weighted by Gasteiger charge is 2.39. The van der Waals surface area contributed by atoms with E-state index in [2.05, 4.69) is 15.6 Å². The van der Waals surface area contributed by atoms with Crippen LogP contribution in [0.3, 0.4) is 0 Å². The molecule has 1 aromatic heterocycles. The third-order valence-electron chi connectivity index (χ3n) is 9.21. The topological polar surface area (TPSA) is 152 Å². The number of alkyl carbamates (subject to hydrolysis) is 1. The van der Waals surface area contributed by atoms with Crippen LogP contribution in [-0.4, -0.2) is 91.5 Å². The normalized spacial score (nSPS) is 24.3. The Bertz CT molecular complexity index is 1710. The minimum absolute atomic E-state index is 0.000979. The number of rotatable bonds is 13. The van der Waals surface area contributed by atoms with Crippen molar-refractivity contribution in [2.75, 3.05) is 31.6 Å². The zero-order valence-corrected chi connectivity index (χ0v) is 28.6. The molecule has 0 spiro atoms. The lowest BCUT2D eigenvalue weighted by Gasteiger charge is -2.33. The van der Waals surface area contributed by atoms with Crippen LogP contribution < -0.4 is 10.6 Å². The fourth-order valence-electron chi connectivity index (χ4n) is 6.37. The maximum absolute atomic E-state index is 15.2. The molecule has 2 saturated heterocycles. The summed E-state index contributed by atoms with van der Waals surface area (Å²) in [5.41, 5.74) is -0.738. The molecule has 3 aliphatic rings. The minimum atomic E-state index is -4.40. The number of nitrogens with zero attached hydrogens (tertiary/aromatic N) is 2. The largest absolute Gasteiger partial charge is 0.444 e. The van der Waals surface area contributed by atoms with Crippen LogP contribution in [0.1, 0.15) is 52.0 Å². The second kappa shape index (κ2) is 14.5. The standard InChI is InChI=1S/C34H44F2N4O8S/c1-20-22-12-13-45-31(20)46-18-25(15-22)47-33(42)39-28(14-21-4-6-23(35)7-5-21)29(41)17-40(19-34(2,3)36)49(43,44)26-10-11-27-30(16-26)48-32(38-27)37-24-8-9-24/h4-7,10-11,16,20,22,24-25,28-29,31,41H,8-9,12-15,17-19H2,1-3H3,(H,37,38)(H,39,42)/t20-,22?,25-,28-,29+,31-/m0/s1. The summed E-state index contributed by atoms with van der Waals surface area (Å²) in [6.45, 7) is 4.04. The first kappa shape index (κ1) is 35.5. The predicted octanol–water partition coefficient (Wildman–Crippen LogP) is 4.77. The second-order valence-corrected chi connectivity index (χ2v) is 15.9. The molecule has 268 valence electrons. The maximum atomic E-state index is 15.2. The molecule has 0 radical (unpaired) electrons. The van der Waals surface area contributed by atoms with Crippen molar-refractivity contribution in [3.63, 3.8) is 0 Å². The smallest absolute Gasteiger partial charge is 0.407 e. The quantitative estimate of drug-likeness (QED) is 0.227. The molecule has 6 atom stereocenters. The van der Waals surface area contributed by atoms with Crippen molar-refractivity contribution in [1.82, 2.24) is 14.6 Å². The fraction of sp³-hybridized carbons (Fsp3) is 0.588. The number of oxazole rings is 1. The number of fused-ring (bicyclic) bond motifs is 3. The predicted molar refractivity (Wildman–Crippen MR) is 175 cm³/mol. The van der Waals surface area contributed by atoms with Gasteiger partial charge in [0.1, 0.15) is 23.1 Å². The molecule has 2 aromatic carbocycles. The summed E-state index contributed by atoms with van der Waals surface area (Å²) >= 11 is 0. The Morgan fingerprint density at radius 3 is 2.63 bits per heavy atom. The van der Waals surface area contributed by atoms with Crippen molar-refractivity contribution in [2.45, 2.75) is 94.0 Å². The number of aromatic nitrogens is 1. The molecule has 1 amide bonds. The summed E-state index contributed by atoms with van der Waals surface area (Å²) in [6, 6.07) is 9.13. The first-order valence-corrected chi connectivity index (χ1v) is 18.2. The lowest BCUT2D eigenvalue weighted by Crippen LogP contribution is -2.52. The van der Waals surface area contributed by atoms with Gasteiger partial charge in [-0.05, 0) is 81.7 Å². The van der Waals surface area contributed by atoms with Gasteiger partial charge in [-0.1, -0.05) is 19.1 Å².